The van der Waals surface area contributed by atoms with Gasteiger partial charge in [0.1, 0.15) is 35.6 Å². The zero-order valence-corrected chi connectivity index (χ0v) is 19.1. The normalized spacial score (nSPS) is 10.9. The van der Waals surface area contributed by atoms with Gasteiger partial charge in [0.25, 0.3) is 5.91 Å². The number of nitriles is 1. The first-order valence-corrected chi connectivity index (χ1v) is 10.7. The van der Waals surface area contributed by atoms with Gasteiger partial charge >= 0.3 is 0 Å². The van der Waals surface area contributed by atoms with Crippen LogP contribution in [0.3, 0.4) is 0 Å². The van der Waals surface area contributed by atoms with Gasteiger partial charge in [-0.2, -0.15) is 5.26 Å². The average Bonchev–Trinajstić information content (AvgIpc) is 2.79. The van der Waals surface area contributed by atoms with E-state index in [9.17, 15) is 14.4 Å². The third kappa shape index (κ3) is 6.48. The Morgan fingerprint density at radius 3 is 2.52 bits per heavy atom. The first-order valence-electron chi connectivity index (χ1n) is 9.92. The minimum absolute atomic E-state index is 0.102. The molecule has 0 aliphatic carbocycles. The van der Waals surface area contributed by atoms with E-state index in [2.05, 4.69) is 5.32 Å². The van der Waals surface area contributed by atoms with E-state index in [1.165, 1.54) is 24.3 Å². The van der Waals surface area contributed by atoms with E-state index in [-0.39, 0.29) is 28.0 Å². The number of carbonyl (C=O) groups is 1. The second-order valence-electron chi connectivity index (χ2n) is 6.77. The van der Waals surface area contributed by atoms with Gasteiger partial charge in [-0.25, -0.2) is 4.39 Å². The summed E-state index contributed by atoms with van der Waals surface area (Å²) in [4.78, 5) is 12.7. The van der Waals surface area contributed by atoms with Crippen molar-refractivity contribution in [3.8, 4) is 17.6 Å². The molecule has 3 aromatic carbocycles. The number of carbonyl (C=O) groups excluding carboxylic acids is 1. The topological polar surface area (TPSA) is 71.3 Å². The smallest absolute Gasteiger partial charge is 0.266 e. The molecule has 168 valence electrons. The van der Waals surface area contributed by atoms with E-state index in [0.717, 1.165) is 0 Å². The second-order valence-corrected chi connectivity index (χ2v) is 7.61. The molecule has 0 bridgehead atoms. The van der Waals surface area contributed by atoms with Gasteiger partial charge in [-0.15, -0.1) is 0 Å². The van der Waals surface area contributed by atoms with Crippen molar-refractivity contribution in [2.45, 2.75) is 13.5 Å². The zero-order chi connectivity index (χ0) is 23.8. The quantitative estimate of drug-likeness (QED) is 0.286. The first-order chi connectivity index (χ1) is 15.9. The Labute approximate surface area is 201 Å². The molecule has 1 amide bonds. The van der Waals surface area contributed by atoms with E-state index in [1.54, 1.807) is 42.5 Å². The molecular formula is C25H19Cl2FN2O3. The number of nitrogens with one attached hydrogen (secondary N) is 1. The number of ether oxygens (including phenoxy) is 2. The molecule has 0 unspecified atom stereocenters. The van der Waals surface area contributed by atoms with Gasteiger partial charge in [0.05, 0.1) is 11.6 Å². The van der Waals surface area contributed by atoms with Crippen LogP contribution in [0.5, 0.6) is 11.5 Å². The summed E-state index contributed by atoms with van der Waals surface area (Å²) in [6.45, 7) is 2.29. The van der Waals surface area contributed by atoms with Crippen LogP contribution in [-0.4, -0.2) is 12.5 Å². The maximum absolute atomic E-state index is 14.0. The average molecular weight is 485 g/mol. The zero-order valence-electron chi connectivity index (χ0n) is 17.6. The lowest BCUT2D eigenvalue weighted by Crippen LogP contribution is -2.13. The minimum Gasteiger partial charge on any atom is -0.494 e. The molecule has 0 saturated heterocycles. The molecule has 0 spiro atoms. The number of benzene rings is 3. The van der Waals surface area contributed by atoms with Crippen molar-refractivity contribution in [3.05, 3.63) is 93.2 Å². The number of hydrogen-bond acceptors (Lipinski definition) is 4. The minimum atomic E-state index is -0.627. The number of halogens is 3. The molecule has 0 fully saturated rings. The fraction of sp³-hybridized carbons (Fsp3) is 0.120. The molecule has 0 aromatic heterocycles. The summed E-state index contributed by atoms with van der Waals surface area (Å²) in [5.74, 6) is -0.215. The molecule has 5 nitrogen and oxygen atoms in total. The van der Waals surface area contributed by atoms with Gasteiger partial charge < -0.3 is 14.8 Å². The number of anilines is 1. The van der Waals surface area contributed by atoms with Crippen molar-refractivity contribution < 1.29 is 18.7 Å². The van der Waals surface area contributed by atoms with Crippen molar-refractivity contribution in [2.75, 3.05) is 11.9 Å². The summed E-state index contributed by atoms with van der Waals surface area (Å²) >= 11 is 12.4. The predicted molar refractivity (Wildman–Crippen MR) is 127 cm³/mol. The molecule has 3 rings (SSSR count). The Morgan fingerprint density at radius 1 is 1.12 bits per heavy atom. The molecule has 0 aliphatic heterocycles. The lowest BCUT2D eigenvalue weighted by molar-refractivity contribution is -0.112. The summed E-state index contributed by atoms with van der Waals surface area (Å²) in [5, 5.41) is 12.7. The highest BCUT2D eigenvalue weighted by atomic mass is 35.5. The Kier molecular flexibility index (Phi) is 8.31. The summed E-state index contributed by atoms with van der Waals surface area (Å²) in [6.07, 6.45) is 1.32. The molecule has 0 atom stereocenters. The standard InChI is InChI=1S/C25H19Cl2FN2O3/c1-2-32-21-9-7-20(8-10-21)30-25(31)18(14-29)11-17-12-19(26)13-22(27)24(17)33-15-16-5-3-4-6-23(16)28/h3-13H,2,15H2,1H3,(H,30,31)/b18-11+. The van der Waals surface area contributed by atoms with Gasteiger partial charge in [0.15, 0.2) is 0 Å². The molecule has 0 heterocycles. The Bertz CT molecular complexity index is 1220. The third-order valence-corrected chi connectivity index (χ3v) is 4.95. The van der Waals surface area contributed by atoms with Crippen LogP contribution < -0.4 is 14.8 Å². The first kappa shape index (κ1) is 24.1. The Morgan fingerprint density at radius 2 is 1.85 bits per heavy atom. The number of nitrogens with zero attached hydrogens (tertiary/aromatic N) is 1. The molecule has 0 saturated carbocycles. The molecule has 8 heteroatoms. The molecule has 3 aromatic rings. The highest BCUT2D eigenvalue weighted by Gasteiger charge is 2.15. The van der Waals surface area contributed by atoms with Gasteiger partial charge in [-0.05, 0) is 55.5 Å². The summed E-state index contributed by atoms with van der Waals surface area (Å²) in [6, 6.07) is 17.7. The van der Waals surface area contributed by atoms with Crippen LogP contribution >= 0.6 is 23.2 Å². The SMILES string of the molecule is CCOc1ccc(NC(=O)/C(C#N)=C/c2cc(Cl)cc(Cl)c2OCc2ccccc2F)cc1. The maximum atomic E-state index is 14.0. The van der Waals surface area contributed by atoms with E-state index in [4.69, 9.17) is 32.7 Å². The lowest BCUT2D eigenvalue weighted by Gasteiger charge is -2.13. The van der Waals surface area contributed by atoms with Crippen molar-refractivity contribution in [2.24, 2.45) is 0 Å². The summed E-state index contributed by atoms with van der Waals surface area (Å²) < 4.78 is 25.1. The fourth-order valence-corrected chi connectivity index (χ4v) is 3.47. The van der Waals surface area contributed by atoms with Crippen LogP contribution in [0.25, 0.3) is 6.08 Å². The molecular weight excluding hydrogens is 466 g/mol. The summed E-state index contributed by atoms with van der Waals surface area (Å²) in [5.41, 5.74) is 0.928. The number of hydrogen-bond donors (Lipinski definition) is 1. The van der Waals surface area contributed by atoms with Crippen molar-refractivity contribution in [1.29, 1.82) is 5.26 Å². The molecule has 33 heavy (non-hydrogen) atoms. The van der Waals surface area contributed by atoms with Crippen molar-refractivity contribution >= 4 is 40.9 Å². The maximum Gasteiger partial charge on any atom is 0.266 e. The number of amides is 1. The summed E-state index contributed by atoms with van der Waals surface area (Å²) in [7, 11) is 0. The monoisotopic (exact) mass is 484 g/mol. The van der Waals surface area contributed by atoms with Crippen LogP contribution in [0.1, 0.15) is 18.1 Å². The largest absolute Gasteiger partial charge is 0.494 e. The Balaban J connectivity index is 1.85. The van der Waals surface area contributed by atoms with Crippen molar-refractivity contribution in [1.82, 2.24) is 0 Å². The van der Waals surface area contributed by atoms with Crippen LogP contribution in [0.2, 0.25) is 10.0 Å². The highest BCUT2D eigenvalue weighted by molar-refractivity contribution is 6.36. The molecule has 0 radical (unpaired) electrons. The molecule has 1 N–H and O–H groups in total. The van der Waals surface area contributed by atoms with Crippen LogP contribution in [0, 0.1) is 17.1 Å². The third-order valence-electron chi connectivity index (χ3n) is 4.46. The highest BCUT2D eigenvalue weighted by Crippen LogP contribution is 2.35. The predicted octanol–water partition coefficient (Wildman–Crippen LogP) is 6.66. The van der Waals surface area contributed by atoms with Crippen LogP contribution in [-0.2, 0) is 11.4 Å². The van der Waals surface area contributed by atoms with Gasteiger partial charge in [-0.1, -0.05) is 41.4 Å². The van der Waals surface area contributed by atoms with Crippen molar-refractivity contribution in [3.63, 3.8) is 0 Å². The fourth-order valence-electron chi connectivity index (χ4n) is 2.91. The van der Waals surface area contributed by atoms with Crippen LogP contribution in [0.4, 0.5) is 10.1 Å². The van der Waals surface area contributed by atoms with E-state index in [0.29, 0.717) is 29.2 Å². The molecule has 0 aliphatic rings. The van der Waals surface area contributed by atoms with Crippen LogP contribution in [0.15, 0.2) is 66.2 Å². The van der Waals surface area contributed by atoms with Gasteiger partial charge in [-0.3, -0.25) is 4.79 Å². The second kappa shape index (κ2) is 11.4. The van der Waals surface area contributed by atoms with E-state index < -0.39 is 11.7 Å². The van der Waals surface area contributed by atoms with E-state index in [1.807, 2.05) is 13.0 Å². The Hall–Kier alpha value is -3.53. The lowest BCUT2D eigenvalue weighted by atomic mass is 10.1. The number of rotatable bonds is 8. The van der Waals surface area contributed by atoms with Gasteiger partial charge in [0.2, 0.25) is 0 Å². The van der Waals surface area contributed by atoms with Gasteiger partial charge in [0, 0.05) is 21.8 Å². The van der Waals surface area contributed by atoms with E-state index >= 15 is 0 Å².